The lowest BCUT2D eigenvalue weighted by Gasteiger charge is -2.13. The minimum absolute atomic E-state index is 0.0878. The standard InChI is InChI=1S/C13H17NO4/c1-2-3-11(13(17)18)14-12(16)10-6-4-9(8-15)5-7-10/h4-7,11,15H,2-3,8H2,1H3,(H,14,16)(H,17,18). The maximum Gasteiger partial charge on any atom is 0.326 e. The highest BCUT2D eigenvalue weighted by molar-refractivity contribution is 5.96. The summed E-state index contributed by atoms with van der Waals surface area (Å²) in [5.41, 5.74) is 1.09. The second-order valence-corrected chi connectivity index (χ2v) is 4.01. The van der Waals surface area contributed by atoms with Gasteiger partial charge in [-0.1, -0.05) is 25.5 Å². The first-order valence-corrected chi connectivity index (χ1v) is 5.82. The summed E-state index contributed by atoms with van der Waals surface area (Å²) in [7, 11) is 0. The van der Waals surface area contributed by atoms with Crippen molar-refractivity contribution in [1.29, 1.82) is 0 Å². The Bertz CT molecular complexity index is 414. The lowest BCUT2D eigenvalue weighted by molar-refractivity contribution is -0.139. The number of amides is 1. The molecule has 0 heterocycles. The number of carboxylic acid groups (broad SMARTS) is 1. The predicted molar refractivity (Wildman–Crippen MR) is 66.2 cm³/mol. The van der Waals surface area contributed by atoms with Crippen LogP contribution in [0.1, 0.15) is 35.7 Å². The molecule has 0 saturated heterocycles. The van der Waals surface area contributed by atoms with Gasteiger partial charge >= 0.3 is 5.97 Å². The minimum Gasteiger partial charge on any atom is -0.480 e. The first-order valence-electron chi connectivity index (χ1n) is 5.82. The number of hydrogen-bond acceptors (Lipinski definition) is 3. The van der Waals surface area contributed by atoms with Crippen LogP contribution in [0.2, 0.25) is 0 Å². The molecule has 1 aromatic rings. The van der Waals surface area contributed by atoms with Crippen LogP contribution in [0.4, 0.5) is 0 Å². The van der Waals surface area contributed by atoms with Gasteiger partial charge in [0.15, 0.2) is 0 Å². The van der Waals surface area contributed by atoms with E-state index >= 15 is 0 Å². The zero-order chi connectivity index (χ0) is 13.5. The summed E-state index contributed by atoms with van der Waals surface area (Å²) in [5, 5.41) is 20.3. The monoisotopic (exact) mass is 251 g/mol. The van der Waals surface area contributed by atoms with E-state index in [1.54, 1.807) is 24.3 Å². The van der Waals surface area contributed by atoms with Crippen LogP contribution >= 0.6 is 0 Å². The molecule has 0 radical (unpaired) electrons. The average molecular weight is 251 g/mol. The Morgan fingerprint density at radius 1 is 1.28 bits per heavy atom. The van der Waals surface area contributed by atoms with Gasteiger partial charge in [-0.05, 0) is 24.1 Å². The summed E-state index contributed by atoms with van der Waals surface area (Å²) in [4.78, 5) is 22.7. The number of aliphatic hydroxyl groups is 1. The highest BCUT2D eigenvalue weighted by Crippen LogP contribution is 2.06. The number of nitrogens with one attached hydrogen (secondary N) is 1. The molecule has 1 unspecified atom stereocenters. The molecule has 1 rings (SSSR count). The van der Waals surface area contributed by atoms with Crippen molar-refractivity contribution in [3.63, 3.8) is 0 Å². The third-order valence-electron chi connectivity index (χ3n) is 2.58. The Morgan fingerprint density at radius 3 is 2.33 bits per heavy atom. The van der Waals surface area contributed by atoms with Gasteiger partial charge in [0, 0.05) is 5.56 Å². The van der Waals surface area contributed by atoms with Gasteiger partial charge in [0.05, 0.1) is 6.61 Å². The quantitative estimate of drug-likeness (QED) is 0.708. The van der Waals surface area contributed by atoms with Crippen molar-refractivity contribution in [2.75, 3.05) is 0 Å². The van der Waals surface area contributed by atoms with E-state index in [2.05, 4.69) is 5.32 Å². The highest BCUT2D eigenvalue weighted by Gasteiger charge is 2.19. The van der Waals surface area contributed by atoms with E-state index in [1.165, 1.54) is 0 Å². The second-order valence-electron chi connectivity index (χ2n) is 4.01. The molecule has 1 amide bonds. The first kappa shape index (κ1) is 14.2. The third kappa shape index (κ3) is 3.85. The first-order chi connectivity index (χ1) is 8.58. The van der Waals surface area contributed by atoms with E-state index in [0.717, 1.165) is 0 Å². The topological polar surface area (TPSA) is 86.6 Å². The number of carbonyl (C=O) groups is 2. The Hall–Kier alpha value is -1.88. The number of hydrogen-bond donors (Lipinski definition) is 3. The predicted octanol–water partition coefficient (Wildman–Crippen LogP) is 1.16. The van der Waals surface area contributed by atoms with Gasteiger partial charge in [0.25, 0.3) is 5.91 Å². The third-order valence-corrected chi connectivity index (χ3v) is 2.58. The maximum absolute atomic E-state index is 11.8. The summed E-state index contributed by atoms with van der Waals surface area (Å²) in [6.45, 7) is 1.77. The van der Waals surface area contributed by atoms with Crippen LogP contribution < -0.4 is 5.32 Å². The van der Waals surface area contributed by atoms with E-state index in [9.17, 15) is 9.59 Å². The molecule has 0 aliphatic carbocycles. The van der Waals surface area contributed by atoms with Crippen molar-refractivity contribution >= 4 is 11.9 Å². The van der Waals surface area contributed by atoms with Crippen molar-refractivity contribution in [3.05, 3.63) is 35.4 Å². The molecule has 0 aliphatic heterocycles. The van der Waals surface area contributed by atoms with Gasteiger partial charge < -0.3 is 15.5 Å². The van der Waals surface area contributed by atoms with Crippen LogP contribution in [0.3, 0.4) is 0 Å². The van der Waals surface area contributed by atoms with Crippen molar-refractivity contribution in [1.82, 2.24) is 5.32 Å². The van der Waals surface area contributed by atoms with Crippen LogP contribution in [0, 0.1) is 0 Å². The summed E-state index contributed by atoms with van der Waals surface area (Å²) in [6.07, 6.45) is 1.08. The number of aliphatic carboxylic acids is 1. The lowest BCUT2D eigenvalue weighted by atomic mass is 10.1. The molecule has 0 spiro atoms. The molecule has 1 atom stereocenters. The fourth-order valence-electron chi connectivity index (χ4n) is 1.55. The van der Waals surface area contributed by atoms with E-state index in [-0.39, 0.29) is 6.61 Å². The fraction of sp³-hybridized carbons (Fsp3) is 0.385. The molecular formula is C13H17NO4. The average Bonchev–Trinajstić information content (AvgIpc) is 2.38. The highest BCUT2D eigenvalue weighted by atomic mass is 16.4. The fourth-order valence-corrected chi connectivity index (χ4v) is 1.55. The van der Waals surface area contributed by atoms with Crippen LogP contribution in [-0.4, -0.2) is 28.1 Å². The Labute approximate surface area is 105 Å². The van der Waals surface area contributed by atoms with Gasteiger partial charge in [0.1, 0.15) is 6.04 Å². The summed E-state index contributed by atoms with van der Waals surface area (Å²) >= 11 is 0. The molecule has 5 nitrogen and oxygen atoms in total. The van der Waals surface area contributed by atoms with Crippen molar-refractivity contribution in [3.8, 4) is 0 Å². The van der Waals surface area contributed by atoms with E-state index in [4.69, 9.17) is 10.2 Å². The second kappa shape index (κ2) is 6.76. The van der Waals surface area contributed by atoms with E-state index in [1.807, 2.05) is 6.92 Å². The zero-order valence-corrected chi connectivity index (χ0v) is 10.2. The molecule has 0 aromatic heterocycles. The summed E-state index contributed by atoms with van der Waals surface area (Å²) in [6, 6.07) is 5.52. The van der Waals surface area contributed by atoms with Crippen LogP contribution in [-0.2, 0) is 11.4 Å². The molecule has 5 heteroatoms. The number of carboxylic acids is 1. The Kier molecular flexibility index (Phi) is 5.32. The summed E-state index contributed by atoms with van der Waals surface area (Å²) in [5.74, 6) is -1.45. The number of carbonyl (C=O) groups excluding carboxylic acids is 1. The molecule has 0 bridgehead atoms. The molecule has 98 valence electrons. The van der Waals surface area contributed by atoms with Gasteiger partial charge in [-0.2, -0.15) is 0 Å². The molecule has 1 aromatic carbocycles. The van der Waals surface area contributed by atoms with Crippen LogP contribution in [0.15, 0.2) is 24.3 Å². The largest absolute Gasteiger partial charge is 0.480 e. The Morgan fingerprint density at radius 2 is 1.89 bits per heavy atom. The summed E-state index contributed by atoms with van der Waals surface area (Å²) < 4.78 is 0. The minimum atomic E-state index is -1.03. The van der Waals surface area contributed by atoms with E-state index in [0.29, 0.717) is 24.0 Å². The maximum atomic E-state index is 11.8. The van der Waals surface area contributed by atoms with Crippen LogP contribution in [0.5, 0.6) is 0 Å². The molecule has 0 saturated carbocycles. The molecule has 18 heavy (non-hydrogen) atoms. The van der Waals surface area contributed by atoms with Gasteiger partial charge in [-0.25, -0.2) is 4.79 Å². The van der Waals surface area contributed by atoms with Crippen molar-refractivity contribution in [2.24, 2.45) is 0 Å². The van der Waals surface area contributed by atoms with Crippen molar-refractivity contribution < 1.29 is 19.8 Å². The molecule has 0 fully saturated rings. The molecule has 0 aliphatic rings. The Balaban J connectivity index is 2.70. The number of aliphatic hydroxyl groups excluding tert-OH is 1. The van der Waals surface area contributed by atoms with Crippen molar-refractivity contribution in [2.45, 2.75) is 32.4 Å². The SMILES string of the molecule is CCCC(NC(=O)c1ccc(CO)cc1)C(=O)O. The number of benzene rings is 1. The van der Waals surface area contributed by atoms with Gasteiger partial charge in [-0.3, -0.25) is 4.79 Å². The van der Waals surface area contributed by atoms with E-state index < -0.39 is 17.9 Å². The normalized spacial score (nSPS) is 11.9. The van der Waals surface area contributed by atoms with Gasteiger partial charge in [-0.15, -0.1) is 0 Å². The smallest absolute Gasteiger partial charge is 0.326 e. The lowest BCUT2D eigenvalue weighted by Crippen LogP contribution is -2.40. The molecular weight excluding hydrogens is 234 g/mol. The molecule has 3 N–H and O–H groups in total. The van der Waals surface area contributed by atoms with Gasteiger partial charge in [0.2, 0.25) is 0 Å². The number of rotatable bonds is 6. The zero-order valence-electron chi connectivity index (χ0n) is 10.2. The van der Waals surface area contributed by atoms with Crippen LogP contribution in [0.25, 0.3) is 0 Å².